The zero-order valence-corrected chi connectivity index (χ0v) is 14.9. The minimum absolute atomic E-state index is 0. The minimum Gasteiger partial charge on any atom is -0.478 e. The van der Waals surface area contributed by atoms with E-state index < -0.39 is 17.6 Å². The Morgan fingerprint density at radius 1 is 1.04 bits per heavy atom. The fourth-order valence-electron chi connectivity index (χ4n) is 2.16. The first-order valence-corrected chi connectivity index (χ1v) is 6.86. The van der Waals surface area contributed by atoms with Crippen molar-refractivity contribution < 1.29 is 18.7 Å². The molecule has 0 bridgehead atoms. The first-order valence-electron chi connectivity index (χ1n) is 6.86. The molecule has 3 aromatic rings. The molecule has 23 heavy (non-hydrogen) atoms. The Labute approximate surface area is 149 Å². The van der Waals surface area contributed by atoms with Crippen molar-refractivity contribution in [3.8, 4) is 5.69 Å². The summed E-state index contributed by atoms with van der Waals surface area (Å²) in [6, 6.07) is 9.57. The van der Waals surface area contributed by atoms with Gasteiger partial charge in [0.05, 0.1) is 16.8 Å². The van der Waals surface area contributed by atoms with Crippen LogP contribution in [0.15, 0.2) is 48.7 Å². The van der Waals surface area contributed by atoms with Gasteiger partial charge in [-0.15, -0.1) is 24.0 Å². The Balaban J connectivity index is 0.000000849. The second kappa shape index (κ2) is 8.05. The molecule has 0 spiro atoms. The van der Waals surface area contributed by atoms with Crippen LogP contribution in [0.1, 0.15) is 24.2 Å². The molecule has 0 aliphatic rings. The Morgan fingerprint density at radius 2 is 1.74 bits per heavy atom. The van der Waals surface area contributed by atoms with Gasteiger partial charge in [-0.3, -0.25) is 0 Å². The lowest BCUT2D eigenvalue weighted by atomic mass is 10.1. The minimum atomic E-state index is -1.02. The molecule has 3 nitrogen and oxygen atoms in total. The highest BCUT2D eigenvalue weighted by molar-refractivity contribution is 14.0. The van der Waals surface area contributed by atoms with Crippen molar-refractivity contribution in [3.05, 3.63) is 65.9 Å². The molecular weight excluding hydrogens is 415 g/mol. The summed E-state index contributed by atoms with van der Waals surface area (Å²) in [4.78, 5) is 10.9. The summed E-state index contributed by atoms with van der Waals surface area (Å²) in [6.07, 6.45) is 1.62. The lowest BCUT2D eigenvalue weighted by Gasteiger charge is -2.07. The van der Waals surface area contributed by atoms with Gasteiger partial charge in [0.1, 0.15) is 11.6 Å². The quantitative estimate of drug-likeness (QED) is 0.564. The molecule has 6 heteroatoms. The molecule has 0 radical (unpaired) electrons. The van der Waals surface area contributed by atoms with Crippen LogP contribution in [-0.2, 0) is 0 Å². The van der Waals surface area contributed by atoms with Gasteiger partial charge >= 0.3 is 5.97 Å². The SMILES string of the molecule is CC.I.O=C(O)c1ccc2c(ccn2-c2ccc(F)cc2F)c1. The highest BCUT2D eigenvalue weighted by Gasteiger charge is 2.11. The number of fused-ring (bicyclic) bond motifs is 1. The number of hydrogen-bond donors (Lipinski definition) is 1. The van der Waals surface area contributed by atoms with Crippen LogP contribution in [0.2, 0.25) is 0 Å². The van der Waals surface area contributed by atoms with Crippen LogP contribution in [0.5, 0.6) is 0 Å². The molecule has 0 saturated heterocycles. The maximum Gasteiger partial charge on any atom is 0.335 e. The number of aromatic carboxylic acids is 1. The number of aromatic nitrogens is 1. The molecule has 1 heterocycles. The molecule has 0 saturated carbocycles. The smallest absolute Gasteiger partial charge is 0.335 e. The number of benzene rings is 2. The van der Waals surface area contributed by atoms with Gasteiger partial charge in [-0.05, 0) is 36.4 Å². The molecule has 0 aliphatic carbocycles. The Kier molecular flexibility index (Phi) is 6.68. The second-order valence-electron chi connectivity index (χ2n) is 4.36. The molecular formula is C17H16F2INO2. The third-order valence-electron chi connectivity index (χ3n) is 3.11. The van der Waals surface area contributed by atoms with E-state index in [4.69, 9.17) is 5.11 Å². The zero-order valence-electron chi connectivity index (χ0n) is 12.6. The van der Waals surface area contributed by atoms with Crippen LogP contribution >= 0.6 is 24.0 Å². The number of carboxylic acid groups (broad SMARTS) is 1. The Bertz CT molecular complexity index is 831. The van der Waals surface area contributed by atoms with Crippen molar-refractivity contribution in [3.63, 3.8) is 0 Å². The van der Waals surface area contributed by atoms with E-state index in [1.807, 2.05) is 13.8 Å². The third kappa shape index (κ3) is 3.87. The highest BCUT2D eigenvalue weighted by Crippen LogP contribution is 2.23. The fraction of sp³-hybridized carbons (Fsp3) is 0.118. The summed E-state index contributed by atoms with van der Waals surface area (Å²) in [5, 5.41) is 9.61. The third-order valence-corrected chi connectivity index (χ3v) is 3.11. The van der Waals surface area contributed by atoms with E-state index in [9.17, 15) is 13.6 Å². The average molecular weight is 431 g/mol. The summed E-state index contributed by atoms with van der Waals surface area (Å²) in [6.45, 7) is 4.00. The van der Waals surface area contributed by atoms with E-state index >= 15 is 0 Å². The van der Waals surface area contributed by atoms with E-state index in [0.717, 1.165) is 6.07 Å². The Hall–Kier alpha value is -1.96. The first-order chi connectivity index (χ1) is 10.6. The summed E-state index contributed by atoms with van der Waals surface area (Å²) < 4.78 is 28.3. The van der Waals surface area contributed by atoms with Gasteiger partial charge in [0.2, 0.25) is 0 Å². The van der Waals surface area contributed by atoms with E-state index in [1.54, 1.807) is 22.9 Å². The number of rotatable bonds is 2. The van der Waals surface area contributed by atoms with Crippen molar-refractivity contribution in [2.75, 3.05) is 0 Å². The van der Waals surface area contributed by atoms with Gasteiger partial charge in [0, 0.05) is 17.6 Å². The monoisotopic (exact) mass is 431 g/mol. The van der Waals surface area contributed by atoms with Crippen LogP contribution in [-0.4, -0.2) is 15.6 Å². The van der Waals surface area contributed by atoms with Crippen LogP contribution in [0.25, 0.3) is 16.6 Å². The molecule has 0 unspecified atom stereocenters. The summed E-state index contributed by atoms with van der Waals surface area (Å²) in [5.74, 6) is -2.34. The van der Waals surface area contributed by atoms with E-state index in [-0.39, 0.29) is 35.2 Å². The van der Waals surface area contributed by atoms with Gasteiger partial charge in [-0.2, -0.15) is 0 Å². The van der Waals surface area contributed by atoms with E-state index in [0.29, 0.717) is 10.9 Å². The molecule has 0 atom stereocenters. The van der Waals surface area contributed by atoms with E-state index in [1.165, 1.54) is 24.3 Å². The standard InChI is InChI=1S/C15H9F2NO2.C2H6.HI/c16-11-2-4-14(12(17)8-11)18-6-5-9-7-10(15(19)20)1-3-13(9)18;1-2;/h1-8H,(H,19,20);1-2H3;1H. The van der Waals surface area contributed by atoms with Gasteiger partial charge in [0.15, 0.2) is 0 Å². The number of carbonyl (C=O) groups is 1. The van der Waals surface area contributed by atoms with E-state index in [2.05, 4.69) is 0 Å². The van der Waals surface area contributed by atoms with Crippen LogP contribution in [0.4, 0.5) is 8.78 Å². The Morgan fingerprint density at radius 3 is 2.35 bits per heavy atom. The van der Waals surface area contributed by atoms with Crippen molar-refractivity contribution in [2.45, 2.75) is 13.8 Å². The molecule has 122 valence electrons. The summed E-state index contributed by atoms with van der Waals surface area (Å²) in [7, 11) is 0. The number of carboxylic acids is 1. The average Bonchev–Trinajstić information content (AvgIpc) is 2.92. The van der Waals surface area contributed by atoms with Gasteiger partial charge in [0.25, 0.3) is 0 Å². The van der Waals surface area contributed by atoms with Crippen molar-refractivity contribution in [1.29, 1.82) is 0 Å². The molecule has 1 aromatic heterocycles. The van der Waals surface area contributed by atoms with Crippen molar-refractivity contribution in [1.82, 2.24) is 4.57 Å². The summed E-state index contributed by atoms with van der Waals surface area (Å²) in [5.41, 5.74) is 1.03. The molecule has 0 amide bonds. The zero-order chi connectivity index (χ0) is 16.3. The summed E-state index contributed by atoms with van der Waals surface area (Å²) >= 11 is 0. The van der Waals surface area contributed by atoms with Crippen LogP contribution < -0.4 is 0 Å². The molecule has 1 N–H and O–H groups in total. The molecule has 2 aromatic carbocycles. The lowest BCUT2D eigenvalue weighted by molar-refractivity contribution is 0.0697. The number of nitrogens with zero attached hydrogens (tertiary/aromatic N) is 1. The second-order valence-corrected chi connectivity index (χ2v) is 4.36. The normalized spacial score (nSPS) is 9.74. The van der Waals surface area contributed by atoms with Crippen molar-refractivity contribution in [2.24, 2.45) is 0 Å². The number of halogens is 3. The largest absolute Gasteiger partial charge is 0.478 e. The maximum atomic E-state index is 13.8. The molecule has 0 fully saturated rings. The van der Waals surface area contributed by atoms with Gasteiger partial charge in [-0.1, -0.05) is 13.8 Å². The number of hydrogen-bond acceptors (Lipinski definition) is 1. The fourth-order valence-corrected chi connectivity index (χ4v) is 2.16. The maximum absolute atomic E-state index is 13.8. The topological polar surface area (TPSA) is 42.2 Å². The predicted octanol–water partition coefficient (Wildman–Crippen LogP) is 5.25. The van der Waals surface area contributed by atoms with Gasteiger partial charge < -0.3 is 9.67 Å². The van der Waals surface area contributed by atoms with Crippen LogP contribution in [0, 0.1) is 11.6 Å². The molecule has 3 rings (SSSR count). The lowest BCUT2D eigenvalue weighted by Crippen LogP contribution is -1.98. The first kappa shape index (κ1) is 19.1. The highest BCUT2D eigenvalue weighted by atomic mass is 127. The predicted molar refractivity (Wildman–Crippen MR) is 96.9 cm³/mol. The van der Waals surface area contributed by atoms with Crippen LogP contribution in [0.3, 0.4) is 0 Å². The molecule has 0 aliphatic heterocycles. The van der Waals surface area contributed by atoms with Crippen molar-refractivity contribution >= 4 is 40.8 Å². The van der Waals surface area contributed by atoms with Gasteiger partial charge in [-0.25, -0.2) is 13.6 Å².